The minimum atomic E-state index is 0.567. The molecule has 1 rings (SSSR count). The summed E-state index contributed by atoms with van der Waals surface area (Å²) in [6, 6.07) is 0. The van der Waals surface area contributed by atoms with Crippen molar-refractivity contribution in [1.29, 1.82) is 0 Å². The minimum Gasteiger partial charge on any atom is -0.479 e. The molecule has 0 amide bonds. The van der Waals surface area contributed by atoms with Crippen molar-refractivity contribution in [2.24, 2.45) is 0 Å². The van der Waals surface area contributed by atoms with Crippen LogP contribution in [0.3, 0.4) is 0 Å². The maximum absolute atomic E-state index is 4.92. The van der Waals surface area contributed by atoms with Crippen LogP contribution in [-0.2, 0) is 0 Å². The number of aromatic nitrogens is 2. The molecule has 4 heteroatoms. The quantitative estimate of drug-likeness (QED) is 0.649. The Morgan fingerprint density at radius 2 is 2.40 bits per heavy atom. The second-order valence-corrected chi connectivity index (χ2v) is 1.70. The second kappa shape index (κ2) is 3.00. The SMILES string of the molecule is CNc1cncnc1OC. The largest absolute Gasteiger partial charge is 0.479 e. The van der Waals surface area contributed by atoms with Crippen LogP contribution in [0.4, 0.5) is 5.69 Å². The highest BCUT2D eigenvalue weighted by atomic mass is 16.5. The fourth-order valence-electron chi connectivity index (χ4n) is 0.653. The number of anilines is 1. The summed E-state index contributed by atoms with van der Waals surface area (Å²) in [5.41, 5.74) is 0.796. The van der Waals surface area contributed by atoms with Gasteiger partial charge in [0.1, 0.15) is 12.0 Å². The number of hydrogen-bond acceptors (Lipinski definition) is 4. The Balaban J connectivity index is 2.96. The fourth-order valence-corrected chi connectivity index (χ4v) is 0.653. The Bertz CT molecular complexity index is 191. The summed E-state index contributed by atoms with van der Waals surface area (Å²) in [6.45, 7) is 0. The minimum absolute atomic E-state index is 0.567. The van der Waals surface area contributed by atoms with E-state index in [-0.39, 0.29) is 0 Å². The molecule has 0 saturated heterocycles. The van der Waals surface area contributed by atoms with Crippen LogP contribution in [0.1, 0.15) is 0 Å². The van der Waals surface area contributed by atoms with Gasteiger partial charge in [0.2, 0.25) is 5.88 Å². The van der Waals surface area contributed by atoms with Gasteiger partial charge in [-0.2, -0.15) is 0 Å². The molecule has 0 unspecified atom stereocenters. The summed E-state index contributed by atoms with van der Waals surface area (Å²) in [5.74, 6) is 0.567. The molecular weight excluding hydrogens is 130 g/mol. The molecule has 0 atom stereocenters. The zero-order chi connectivity index (χ0) is 7.40. The molecule has 0 aliphatic rings. The molecule has 1 heterocycles. The standard InChI is InChI=1S/C6H9N3O/c1-7-5-3-8-4-9-6(5)10-2/h3-4,7H,1-2H3. The molecular formula is C6H9N3O. The highest BCUT2D eigenvalue weighted by Crippen LogP contribution is 2.16. The second-order valence-electron chi connectivity index (χ2n) is 1.70. The maximum Gasteiger partial charge on any atom is 0.240 e. The van der Waals surface area contributed by atoms with Crippen molar-refractivity contribution in [1.82, 2.24) is 9.97 Å². The molecule has 0 aliphatic heterocycles. The third-order valence-corrected chi connectivity index (χ3v) is 1.14. The average molecular weight is 139 g/mol. The average Bonchev–Trinajstić information content (AvgIpc) is 2.04. The molecule has 0 fully saturated rings. The highest BCUT2D eigenvalue weighted by Gasteiger charge is 1.98. The van der Waals surface area contributed by atoms with Gasteiger partial charge in [-0.25, -0.2) is 9.97 Å². The van der Waals surface area contributed by atoms with Crippen molar-refractivity contribution in [3.63, 3.8) is 0 Å². The van der Waals surface area contributed by atoms with Gasteiger partial charge in [0.25, 0.3) is 0 Å². The van der Waals surface area contributed by atoms with Crippen LogP contribution < -0.4 is 10.1 Å². The van der Waals surface area contributed by atoms with Crippen LogP contribution in [0.25, 0.3) is 0 Å². The Morgan fingerprint density at radius 1 is 1.60 bits per heavy atom. The molecule has 0 spiro atoms. The van der Waals surface area contributed by atoms with Crippen molar-refractivity contribution in [2.75, 3.05) is 19.5 Å². The van der Waals surface area contributed by atoms with E-state index >= 15 is 0 Å². The van der Waals surface area contributed by atoms with Crippen molar-refractivity contribution < 1.29 is 4.74 Å². The normalized spacial score (nSPS) is 9.00. The molecule has 4 nitrogen and oxygen atoms in total. The summed E-state index contributed by atoms with van der Waals surface area (Å²) in [4.78, 5) is 7.68. The van der Waals surface area contributed by atoms with Crippen LogP contribution in [0.2, 0.25) is 0 Å². The lowest BCUT2D eigenvalue weighted by Crippen LogP contribution is -1.96. The first-order chi connectivity index (χ1) is 4.88. The van der Waals surface area contributed by atoms with E-state index in [0.717, 1.165) is 5.69 Å². The predicted octanol–water partition coefficient (Wildman–Crippen LogP) is 0.527. The first-order valence-electron chi connectivity index (χ1n) is 2.90. The van der Waals surface area contributed by atoms with Gasteiger partial charge in [0.15, 0.2) is 0 Å². The topological polar surface area (TPSA) is 47.0 Å². The molecule has 1 N–H and O–H groups in total. The Labute approximate surface area is 59.3 Å². The lowest BCUT2D eigenvalue weighted by atomic mass is 10.5. The molecule has 0 radical (unpaired) electrons. The van der Waals surface area contributed by atoms with Gasteiger partial charge in [-0.3, -0.25) is 0 Å². The van der Waals surface area contributed by atoms with E-state index in [9.17, 15) is 0 Å². The van der Waals surface area contributed by atoms with Gasteiger partial charge in [-0.1, -0.05) is 0 Å². The van der Waals surface area contributed by atoms with Crippen molar-refractivity contribution in [3.05, 3.63) is 12.5 Å². The van der Waals surface area contributed by atoms with Gasteiger partial charge in [-0.05, 0) is 0 Å². The Morgan fingerprint density at radius 3 is 2.90 bits per heavy atom. The first kappa shape index (κ1) is 6.80. The molecule has 1 aromatic heterocycles. The number of methoxy groups -OCH3 is 1. The third kappa shape index (κ3) is 1.15. The van der Waals surface area contributed by atoms with Crippen LogP contribution in [0.15, 0.2) is 12.5 Å². The van der Waals surface area contributed by atoms with Crippen LogP contribution >= 0.6 is 0 Å². The predicted molar refractivity (Wildman–Crippen MR) is 38.1 cm³/mol. The molecule has 54 valence electrons. The Kier molecular flexibility index (Phi) is 2.04. The van der Waals surface area contributed by atoms with Crippen LogP contribution in [0, 0.1) is 0 Å². The number of nitrogens with zero attached hydrogens (tertiary/aromatic N) is 2. The molecule has 0 bridgehead atoms. The van der Waals surface area contributed by atoms with E-state index in [1.165, 1.54) is 6.33 Å². The summed E-state index contributed by atoms with van der Waals surface area (Å²) in [5, 5.41) is 2.90. The van der Waals surface area contributed by atoms with E-state index < -0.39 is 0 Å². The Hall–Kier alpha value is -1.32. The number of ether oxygens (including phenoxy) is 1. The monoisotopic (exact) mass is 139 g/mol. The van der Waals surface area contributed by atoms with Crippen molar-refractivity contribution in [3.8, 4) is 5.88 Å². The molecule has 0 aromatic carbocycles. The summed E-state index contributed by atoms with van der Waals surface area (Å²) in [6.07, 6.45) is 3.10. The fraction of sp³-hybridized carbons (Fsp3) is 0.333. The lowest BCUT2D eigenvalue weighted by molar-refractivity contribution is 0.399. The molecule has 10 heavy (non-hydrogen) atoms. The number of nitrogens with one attached hydrogen (secondary N) is 1. The molecule has 0 aliphatic carbocycles. The molecule has 0 saturated carbocycles. The summed E-state index contributed by atoms with van der Waals surface area (Å²) < 4.78 is 4.92. The van der Waals surface area contributed by atoms with Gasteiger partial charge in [-0.15, -0.1) is 0 Å². The van der Waals surface area contributed by atoms with Crippen molar-refractivity contribution in [2.45, 2.75) is 0 Å². The van der Waals surface area contributed by atoms with Crippen LogP contribution in [-0.4, -0.2) is 24.1 Å². The number of hydrogen-bond donors (Lipinski definition) is 1. The highest BCUT2D eigenvalue weighted by molar-refractivity contribution is 5.49. The first-order valence-corrected chi connectivity index (χ1v) is 2.90. The van der Waals surface area contributed by atoms with Gasteiger partial charge >= 0.3 is 0 Å². The lowest BCUT2D eigenvalue weighted by Gasteiger charge is -2.03. The van der Waals surface area contributed by atoms with E-state index in [1.807, 2.05) is 0 Å². The van der Waals surface area contributed by atoms with Crippen molar-refractivity contribution >= 4 is 5.69 Å². The van der Waals surface area contributed by atoms with E-state index in [2.05, 4.69) is 15.3 Å². The van der Waals surface area contributed by atoms with E-state index in [1.54, 1.807) is 20.4 Å². The zero-order valence-corrected chi connectivity index (χ0v) is 5.96. The molecule has 1 aromatic rings. The number of rotatable bonds is 2. The zero-order valence-electron chi connectivity index (χ0n) is 5.96. The van der Waals surface area contributed by atoms with E-state index in [4.69, 9.17) is 4.74 Å². The van der Waals surface area contributed by atoms with Gasteiger partial charge in [0.05, 0.1) is 13.3 Å². The summed E-state index contributed by atoms with van der Waals surface area (Å²) >= 11 is 0. The van der Waals surface area contributed by atoms with Crippen LogP contribution in [0.5, 0.6) is 5.88 Å². The van der Waals surface area contributed by atoms with E-state index in [0.29, 0.717) is 5.88 Å². The maximum atomic E-state index is 4.92. The van der Waals surface area contributed by atoms with Gasteiger partial charge < -0.3 is 10.1 Å². The van der Waals surface area contributed by atoms with Gasteiger partial charge in [0, 0.05) is 7.05 Å². The third-order valence-electron chi connectivity index (χ3n) is 1.14. The summed E-state index contributed by atoms with van der Waals surface area (Å²) in [7, 11) is 3.37. The smallest absolute Gasteiger partial charge is 0.240 e.